The second-order valence-electron chi connectivity index (χ2n) is 5.96. The van der Waals surface area contributed by atoms with Gasteiger partial charge in [0, 0.05) is 38.8 Å². The molecule has 1 fully saturated rings. The Hall–Kier alpha value is -1.56. The molecule has 0 spiro atoms. The third kappa shape index (κ3) is 6.34. The fourth-order valence-electron chi connectivity index (χ4n) is 2.54. The summed E-state index contributed by atoms with van der Waals surface area (Å²) in [5, 5.41) is 3.82. The highest BCUT2D eigenvalue weighted by atomic mass is 35.5. The summed E-state index contributed by atoms with van der Waals surface area (Å²) in [4.78, 5) is 27.9. The van der Waals surface area contributed by atoms with Crippen LogP contribution in [0.15, 0.2) is 24.3 Å². The molecule has 1 saturated heterocycles. The topological polar surface area (TPSA) is 52.7 Å². The number of nitrogens with one attached hydrogen (secondary N) is 1. The fourth-order valence-corrected chi connectivity index (χ4v) is 2.85. The van der Waals surface area contributed by atoms with Crippen molar-refractivity contribution in [3.05, 3.63) is 39.9 Å². The van der Waals surface area contributed by atoms with Crippen molar-refractivity contribution in [3.8, 4) is 0 Å². The molecule has 2 rings (SSSR count). The Labute approximate surface area is 158 Å². The van der Waals surface area contributed by atoms with Crippen LogP contribution in [0.4, 0.5) is 0 Å². The largest absolute Gasteiger partial charge is 0.355 e. The van der Waals surface area contributed by atoms with Gasteiger partial charge in [0.05, 0.1) is 16.6 Å². The van der Waals surface area contributed by atoms with Crippen molar-refractivity contribution in [3.63, 3.8) is 0 Å². The zero-order valence-electron chi connectivity index (χ0n) is 14.3. The van der Waals surface area contributed by atoms with E-state index in [0.717, 1.165) is 12.0 Å². The summed E-state index contributed by atoms with van der Waals surface area (Å²) in [6.07, 6.45) is 4.21. The normalized spacial score (nSPS) is 15.6. The Bertz CT molecular complexity index is 641. The molecule has 136 valence electrons. The van der Waals surface area contributed by atoms with Gasteiger partial charge >= 0.3 is 0 Å². The number of benzene rings is 1. The number of hydrogen-bond donors (Lipinski definition) is 1. The first kappa shape index (κ1) is 19.8. The Morgan fingerprint density at radius 3 is 2.52 bits per heavy atom. The summed E-state index contributed by atoms with van der Waals surface area (Å²) >= 11 is 11.8. The van der Waals surface area contributed by atoms with E-state index in [2.05, 4.69) is 10.2 Å². The Balaban J connectivity index is 1.79. The molecule has 1 N–H and O–H groups in total. The van der Waals surface area contributed by atoms with Crippen molar-refractivity contribution in [2.75, 3.05) is 39.3 Å². The minimum absolute atomic E-state index is 0.0406. The molecule has 0 aliphatic carbocycles. The van der Waals surface area contributed by atoms with Crippen molar-refractivity contribution >= 4 is 41.1 Å². The van der Waals surface area contributed by atoms with E-state index < -0.39 is 0 Å². The second kappa shape index (κ2) is 9.80. The van der Waals surface area contributed by atoms with Gasteiger partial charge in [-0.3, -0.25) is 14.5 Å². The van der Waals surface area contributed by atoms with Crippen LogP contribution in [0, 0.1) is 0 Å². The van der Waals surface area contributed by atoms with E-state index in [-0.39, 0.29) is 11.8 Å². The van der Waals surface area contributed by atoms with Gasteiger partial charge in [-0.1, -0.05) is 36.2 Å². The third-order valence-corrected chi connectivity index (χ3v) is 4.72. The van der Waals surface area contributed by atoms with Crippen molar-refractivity contribution in [1.29, 1.82) is 0 Å². The molecule has 25 heavy (non-hydrogen) atoms. The lowest BCUT2D eigenvalue weighted by Crippen LogP contribution is -2.50. The van der Waals surface area contributed by atoms with Gasteiger partial charge in [0.25, 0.3) is 0 Å². The zero-order valence-corrected chi connectivity index (χ0v) is 15.8. The molecule has 0 saturated carbocycles. The first-order valence-electron chi connectivity index (χ1n) is 8.40. The van der Waals surface area contributed by atoms with E-state index in [4.69, 9.17) is 23.2 Å². The highest BCUT2D eigenvalue weighted by Gasteiger charge is 2.20. The quantitative estimate of drug-likeness (QED) is 0.768. The van der Waals surface area contributed by atoms with Crippen LogP contribution in [0.2, 0.25) is 10.0 Å². The fraction of sp³-hybridized carbons (Fsp3) is 0.444. The van der Waals surface area contributed by atoms with Gasteiger partial charge in [-0.25, -0.2) is 0 Å². The summed E-state index contributed by atoms with van der Waals surface area (Å²) in [6.45, 7) is 5.75. The molecule has 0 atom stereocenters. The Morgan fingerprint density at radius 1 is 1.16 bits per heavy atom. The molecular formula is C18H23Cl2N3O2. The molecular weight excluding hydrogens is 361 g/mol. The van der Waals surface area contributed by atoms with Gasteiger partial charge in [0.15, 0.2) is 0 Å². The van der Waals surface area contributed by atoms with Gasteiger partial charge < -0.3 is 10.2 Å². The van der Waals surface area contributed by atoms with Crippen LogP contribution in [0.3, 0.4) is 0 Å². The van der Waals surface area contributed by atoms with Crippen molar-refractivity contribution < 1.29 is 9.59 Å². The number of rotatable bonds is 6. The Kier molecular flexibility index (Phi) is 7.75. The number of piperazine rings is 1. The number of carbonyl (C=O) groups is 2. The highest BCUT2D eigenvalue weighted by molar-refractivity contribution is 6.42. The molecule has 1 aromatic carbocycles. The number of nitrogens with zero attached hydrogens (tertiary/aromatic N) is 2. The van der Waals surface area contributed by atoms with E-state index in [1.54, 1.807) is 29.2 Å². The van der Waals surface area contributed by atoms with Gasteiger partial charge in [0.2, 0.25) is 11.8 Å². The molecule has 1 aliphatic rings. The predicted octanol–water partition coefficient (Wildman–Crippen LogP) is 2.68. The minimum atomic E-state index is -0.0406. The van der Waals surface area contributed by atoms with Crippen LogP contribution in [0.1, 0.15) is 18.9 Å². The van der Waals surface area contributed by atoms with Crippen molar-refractivity contribution in [1.82, 2.24) is 15.1 Å². The maximum absolute atomic E-state index is 12.3. The average Bonchev–Trinajstić information content (AvgIpc) is 2.61. The molecule has 2 amide bonds. The molecule has 1 aromatic rings. The highest BCUT2D eigenvalue weighted by Crippen LogP contribution is 2.23. The van der Waals surface area contributed by atoms with Crippen molar-refractivity contribution in [2.45, 2.75) is 13.3 Å². The number of halogens is 2. The summed E-state index contributed by atoms with van der Waals surface area (Å²) < 4.78 is 0. The van der Waals surface area contributed by atoms with E-state index >= 15 is 0 Å². The van der Waals surface area contributed by atoms with Gasteiger partial charge in [-0.05, 0) is 30.2 Å². The van der Waals surface area contributed by atoms with Crippen LogP contribution in [-0.2, 0) is 9.59 Å². The molecule has 1 heterocycles. The van der Waals surface area contributed by atoms with Crippen LogP contribution in [0.5, 0.6) is 0 Å². The molecule has 0 unspecified atom stereocenters. The first-order valence-corrected chi connectivity index (χ1v) is 9.16. The maximum atomic E-state index is 12.3. The van der Waals surface area contributed by atoms with E-state index in [1.807, 2.05) is 13.0 Å². The smallest absolute Gasteiger partial charge is 0.246 e. The summed E-state index contributed by atoms with van der Waals surface area (Å²) in [5.74, 6) is 0.00213. The maximum Gasteiger partial charge on any atom is 0.246 e. The van der Waals surface area contributed by atoms with E-state index in [9.17, 15) is 9.59 Å². The second-order valence-corrected chi connectivity index (χ2v) is 6.77. The van der Waals surface area contributed by atoms with Gasteiger partial charge in [-0.2, -0.15) is 0 Å². The first-order chi connectivity index (χ1) is 12.0. The van der Waals surface area contributed by atoms with E-state index in [1.165, 1.54) is 0 Å². The average molecular weight is 384 g/mol. The lowest BCUT2D eigenvalue weighted by Gasteiger charge is -2.33. The standard InChI is InChI=1S/C18H23Cl2N3O2/c1-2-7-21-17(24)13-22-8-10-23(11-9-22)18(25)6-4-14-3-5-15(19)16(20)12-14/h3-6,12H,2,7-11,13H2,1H3,(H,21,24)/b6-4+. The lowest BCUT2D eigenvalue weighted by atomic mass is 10.2. The molecule has 0 aromatic heterocycles. The predicted molar refractivity (Wildman–Crippen MR) is 102 cm³/mol. The van der Waals surface area contributed by atoms with E-state index in [0.29, 0.717) is 49.3 Å². The molecule has 1 aliphatic heterocycles. The number of amides is 2. The van der Waals surface area contributed by atoms with Gasteiger partial charge in [-0.15, -0.1) is 0 Å². The SMILES string of the molecule is CCCNC(=O)CN1CCN(C(=O)/C=C/c2ccc(Cl)c(Cl)c2)CC1. The summed E-state index contributed by atoms with van der Waals surface area (Å²) in [6, 6.07) is 5.24. The molecule has 5 nitrogen and oxygen atoms in total. The van der Waals surface area contributed by atoms with Crippen LogP contribution in [0.25, 0.3) is 6.08 Å². The number of carbonyl (C=O) groups excluding carboxylic acids is 2. The summed E-state index contributed by atoms with van der Waals surface area (Å²) in [7, 11) is 0. The number of hydrogen-bond acceptors (Lipinski definition) is 3. The monoisotopic (exact) mass is 383 g/mol. The van der Waals surface area contributed by atoms with Crippen molar-refractivity contribution in [2.24, 2.45) is 0 Å². The molecule has 7 heteroatoms. The zero-order chi connectivity index (χ0) is 18.2. The lowest BCUT2D eigenvalue weighted by molar-refractivity contribution is -0.128. The summed E-state index contributed by atoms with van der Waals surface area (Å²) in [5.41, 5.74) is 0.828. The van der Waals surface area contributed by atoms with Crippen LogP contribution >= 0.6 is 23.2 Å². The molecule has 0 bridgehead atoms. The van der Waals surface area contributed by atoms with Gasteiger partial charge in [0.1, 0.15) is 0 Å². The molecule has 0 radical (unpaired) electrons. The van der Waals surface area contributed by atoms with Crippen LogP contribution < -0.4 is 5.32 Å². The third-order valence-electron chi connectivity index (χ3n) is 3.99. The Morgan fingerprint density at radius 2 is 1.88 bits per heavy atom. The van der Waals surface area contributed by atoms with Crippen LogP contribution in [-0.4, -0.2) is 60.9 Å². The minimum Gasteiger partial charge on any atom is -0.355 e.